The molecule has 0 saturated heterocycles. The van der Waals surface area contributed by atoms with Crippen LogP contribution in [0.3, 0.4) is 0 Å². The van der Waals surface area contributed by atoms with Crippen LogP contribution in [0.5, 0.6) is 0 Å². The molecule has 24 heavy (non-hydrogen) atoms. The number of hydrogen-bond acceptors (Lipinski definition) is 6. The van der Waals surface area contributed by atoms with Crippen LogP contribution in [0.1, 0.15) is 10.5 Å². The third kappa shape index (κ3) is 2.41. The van der Waals surface area contributed by atoms with Crippen molar-refractivity contribution in [3.63, 3.8) is 0 Å². The summed E-state index contributed by atoms with van der Waals surface area (Å²) in [6.45, 7) is 0. The van der Waals surface area contributed by atoms with E-state index in [0.29, 0.717) is 17.0 Å². The van der Waals surface area contributed by atoms with E-state index in [0.717, 1.165) is 4.68 Å². The average Bonchev–Trinajstić information content (AvgIpc) is 3.21. The minimum absolute atomic E-state index is 0.255. The maximum Gasteiger partial charge on any atom is 0.365 e. The van der Waals surface area contributed by atoms with Crippen LogP contribution in [-0.2, 0) is 0 Å². The fourth-order valence-corrected chi connectivity index (χ4v) is 2.19. The summed E-state index contributed by atoms with van der Waals surface area (Å²) in [4.78, 5) is 27.8. The third-order valence-electron chi connectivity index (χ3n) is 3.31. The van der Waals surface area contributed by atoms with Crippen LogP contribution in [0.4, 0.5) is 5.69 Å². The number of aromatic amines is 1. The van der Waals surface area contributed by atoms with Crippen molar-refractivity contribution in [1.82, 2.24) is 34.8 Å². The van der Waals surface area contributed by atoms with Gasteiger partial charge < -0.3 is 5.32 Å². The summed E-state index contributed by atoms with van der Waals surface area (Å²) in [5.41, 5.74) is 1.49. The largest absolute Gasteiger partial charge is 0.365 e. The summed E-state index contributed by atoms with van der Waals surface area (Å²) in [7, 11) is 0. The van der Waals surface area contributed by atoms with E-state index in [2.05, 4.69) is 30.9 Å². The highest BCUT2D eigenvalue weighted by atomic mass is 16.2. The molecule has 10 nitrogen and oxygen atoms in total. The summed E-state index contributed by atoms with van der Waals surface area (Å²) < 4.78 is 2.63. The van der Waals surface area contributed by atoms with Crippen molar-refractivity contribution in [2.45, 2.75) is 0 Å². The molecule has 10 heteroatoms. The monoisotopic (exact) mass is 322 g/mol. The van der Waals surface area contributed by atoms with Crippen molar-refractivity contribution in [3.8, 4) is 5.69 Å². The molecule has 0 aliphatic carbocycles. The van der Waals surface area contributed by atoms with Crippen LogP contribution in [0.15, 0.2) is 53.6 Å². The number of H-pyrrole nitrogens is 1. The number of fused-ring (bicyclic) bond motifs is 1. The number of anilines is 1. The van der Waals surface area contributed by atoms with E-state index in [1.165, 1.54) is 4.52 Å². The van der Waals surface area contributed by atoms with E-state index in [-0.39, 0.29) is 11.6 Å². The molecule has 1 aromatic carbocycles. The van der Waals surface area contributed by atoms with Crippen LogP contribution in [0.2, 0.25) is 0 Å². The van der Waals surface area contributed by atoms with E-state index in [1.54, 1.807) is 48.8 Å². The molecule has 0 fully saturated rings. The highest BCUT2D eigenvalue weighted by Gasteiger charge is 2.12. The number of nitrogens with one attached hydrogen (secondary N) is 2. The highest BCUT2D eigenvalue weighted by molar-refractivity contribution is 6.03. The molecule has 4 rings (SSSR count). The quantitative estimate of drug-likeness (QED) is 0.557. The number of benzene rings is 1. The molecule has 0 aliphatic heterocycles. The fraction of sp³-hybridized carbons (Fsp3) is 0. The number of rotatable bonds is 3. The molecule has 0 bridgehead atoms. The van der Waals surface area contributed by atoms with Gasteiger partial charge in [0.2, 0.25) is 0 Å². The van der Waals surface area contributed by atoms with E-state index < -0.39 is 5.69 Å². The first kappa shape index (κ1) is 13.8. The second-order valence-electron chi connectivity index (χ2n) is 4.87. The Morgan fingerprint density at radius 1 is 1.21 bits per heavy atom. The molecule has 3 aromatic heterocycles. The maximum absolute atomic E-state index is 12.3. The topological polar surface area (TPSA) is 123 Å². The number of carbonyl (C=O) groups is 1. The standard InChI is InChI=1S/C14H10N8O2/c23-13(11-8-12-15-6-1-7-21(12)18-11)16-9-2-4-10(5-3-9)22-14(24)17-19-20-22/h1-8H,(H,16,23)(H,17,20,24). The average molecular weight is 322 g/mol. The van der Waals surface area contributed by atoms with Gasteiger partial charge in [-0.1, -0.05) is 0 Å². The molecule has 0 radical (unpaired) electrons. The van der Waals surface area contributed by atoms with Crippen molar-refractivity contribution in [2.75, 3.05) is 5.32 Å². The van der Waals surface area contributed by atoms with Gasteiger partial charge in [-0.25, -0.2) is 19.4 Å². The number of amides is 1. The molecule has 3 heterocycles. The SMILES string of the molecule is O=C(Nc1ccc(-n2nn[nH]c2=O)cc1)c1cc2ncccn2n1. The predicted molar refractivity (Wildman–Crippen MR) is 82.9 cm³/mol. The highest BCUT2D eigenvalue weighted by Crippen LogP contribution is 2.13. The number of tetrazole rings is 1. The van der Waals surface area contributed by atoms with E-state index >= 15 is 0 Å². The zero-order chi connectivity index (χ0) is 16.5. The number of aromatic nitrogens is 7. The van der Waals surface area contributed by atoms with Gasteiger partial charge >= 0.3 is 5.69 Å². The lowest BCUT2D eigenvalue weighted by atomic mass is 10.2. The molecule has 0 saturated carbocycles. The predicted octanol–water partition coefficient (Wildman–Crippen LogP) is 0.251. The Bertz CT molecular complexity index is 1040. The number of carbonyl (C=O) groups excluding carboxylic acids is 1. The summed E-state index contributed by atoms with van der Waals surface area (Å²) in [5, 5.41) is 16.2. The van der Waals surface area contributed by atoms with Gasteiger partial charge in [-0.05, 0) is 40.8 Å². The summed E-state index contributed by atoms with van der Waals surface area (Å²) in [5.74, 6) is -0.355. The van der Waals surface area contributed by atoms with Crippen LogP contribution < -0.4 is 11.0 Å². The number of nitrogens with zero attached hydrogens (tertiary/aromatic N) is 6. The fourth-order valence-electron chi connectivity index (χ4n) is 2.19. The van der Waals surface area contributed by atoms with E-state index in [1.807, 2.05) is 0 Å². The molecule has 1 amide bonds. The minimum atomic E-state index is -0.441. The molecule has 0 spiro atoms. The molecule has 2 N–H and O–H groups in total. The Balaban J connectivity index is 1.55. The lowest BCUT2D eigenvalue weighted by Gasteiger charge is -2.04. The molecule has 0 aliphatic rings. The second-order valence-corrected chi connectivity index (χ2v) is 4.87. The first-order valence-corrected chi connectivity index (χ1v) is 6.93. The third-order valence-corrected chi connectivity index (χ3v) is 3.31. The van der Waals surface area contributed by atoms with Crippen molar-refractivity contribution in [1.29, 1.82) is 0 Å². The molecular formula is C14H10N8O2. The van der Waals surface area contributed by atoms with Crippen molar-refractivity contribution < 1.29 is 4.79 Å². The van der Waals surface area contributed by atoms with Gasteiger partial charge in [-0.2, -0.15) is 9.78 Å². The zero-order valence-electron chi connectivity index (χ0n) is 12.1. The summed E-state index contributed by atoms with van der Waals surface area (Å²) >= 11 is 0. The van der Waals surface area contributed by atoms with E-state index in [9.17, 15) is 9.59 Å². The van der Waals surface area contributed by atoms with Gasteiger partial charge in [0.05, 0.1) is 5.69 Å². The van der Waals surface area contributed by atoms with Crippen LogP contribution in [0.25, 0.3) is 11.3 Å². The Kier molecular flexibility index (Phi) is 3.12. The van der Waals surface area contributed by atoms with Gasteiger partial charge in [0.1, 0.15) is 0 Å². The van der Waals surface area contributed by atoms with Gasteiger partial charge in [-0.15, -0.1) is 0 Å². The Morgan fingerprint density at radius 2 is 2.04 bits per heavy atom. The van der Waals surface area contributed by atoms with Gasteiger partial charge in [0.25, 0.3) is 5.91 Å². The van der Waals surface area contributed by atoms with Crippen LogP contribution in [-0.4, -0.2) is 40.7 Å². The van der Waals surface area contributed by atoms with Gasteiger partial charge in [0, 0.05) is 24.1 Å². The normalized spacial score (nSPS) is 10.8. The van der Waals surface area contributed by atoms with Crippen molar-refractivity contribution in [2.24, 2.45) is 0 Å². The van der Waals surface area contributed by atoms with E-state index in [4.69, 9.17) is 0 Å². The lowest BCUT2D eigenvalue weighted by molar-refractivity contribution is 0.102. The molecule has 4 aromatic rings. The first-order chi connectivity index (χ1) is 11.7. The van der Waals surface area contributed by atoms with Crippen molar-refractivity contribution >= 4 is 17.2 Å². The number of hydrogen-bond donors (Lipinski definition) is 2. The maximum atomic E-state index is 12.3. The van der Waals surface area contributed by atoms with Crippen LogP contribution >= 0.6 is 0 Å². The molecule has 0 atom stereocenters. The molecule has 0 unspecified atom stereocenters. The molecular weight excluding hydrogens is 312 g/mol. The first-order valence-electron chi connectivity index (χ1n) is 6.93. The summed E-state index contributed by atoms with van der Waals surface area (Å²) in [6, 6.07) is 9.92. The van der Waals surface area contributed by atoms with Gasteiger partial charge in [0.15, 0.2) is 11.3 Å². The smallest absolute Gasteiger partial charge is 0.321 e. The lowest BCUT2D eigenvalue weighted by Crippen LogP contribution is -2.16. The van der Waals surface area contributed by atoms with Crippen molar-refractivity contribution in [3.05, 3.63) is 65.0 Å². The minimum Gasteiger partial charge on any atom is -0.321 e. The Morgan fingerprint density at radius 3 is 2.75 bits per heavy atom. The van der Waals surface area contributed by atoms with Gasteiger partial charge in [-0.3, -0.25) is 4.79 Å². The summed E-state index contributed by atoms with van der Waals surface area (Å²) in [6.07, 6.45) is 3.34. The Labute approximate surface area is 133 Å². The van der Waals surface area contributed by atoms with Crippen LogP contribution in [0, 0.1) is 0 Å². The zero-order valence-corrected chi connectivity index (χ0v) is 12.1. The Hall–Kier alpha value is -3.82. The molecule has 118 valence electrons. The second kappa shape index (κ2) is 5.43.